The van der Waals surface area contributed by atoms with E-state index in [2.05, 4.69) is 428 Å². The van der Waals surface area contributed by atoms with Gasteiger partial charge in [0.1, 0.15) is 0 Å². The summed E-state index contributed by atoms with van der Waals surface area (Å²) in [7, 11) is 6.41. The number of likely N-dealkylation sites (tertiary alicyclic amines) is 2. The van der Waals surface area contributed by atoms with Crippen molar-refractivity contribution >= 4 is 35.3 Å². The zero-order valence-electron chi connectivity index (χ0n) is 88.4. The lowest BCUT2D eigenvalue weighted by Gasteiger charge is -2.34. The summed E-state index contributed by atoms with van der Waals surface area (Å²) in [5.74, 6) is 7.07. The molecule has 0 aromatic rings. The Labute approximate surface area is 753 Å². The van der Waals surface area contributed by atoms with E-state index in [1.165, 1.54) is 146 Å². The van der Waals surface area contributed by atoms with Crippen LogP contribution in [0.5, 0.6) is 0 Å². The maximum atomic E-state index is 4.93. The summed E-state index contributed by atoms with van der Waals surface area (Å²) in [6.07, 6.45) is 11.6. The Hall–Kier alpha value is 0.690. The summed E-state index contributed by atoms with van der Waals surface area (Å²) in [6, 6.07) is 1.68. The van der Waals surface area contributed by atoms with Gasteiger partial charge in [0, 0.05) is 74.8 Å². The predicted molar refractivity (Wildman–Crippen MR) is 559 cm³/mol. The van der Waals surface area contributed by atoms with Crippen molar-refractivity contribution in [3.63, 3.8) is 0 Å². The average molecular weight is 1710 g/mol. The Morgan fingerprint density at radius 1 is 0.270 bits per heavy atom. The number of hydrogen-bond acceptors (Lipinski definition) is 12. The van der Waals surface area contributed by atoms with Crippen LogP contribution in [0.3, 0.4) is 0 Å². The van der Waals surface area contributed by atoms with Gasteiger partial charge < -0.3 is 44.9 Å². The second-order valence-electron chi connectivity index (χ2n) is 50.7. The summed E-state index contributed by atoms with van der Waals surface area (Å²) in [6.45, 7) is 132. The first-order valence-corrected chi connectivity index (χ1v) is 47.9. The van der Waals surface area contributed by atoms with Crippen molar-refractivity contribution in [1.29, 1.82) is 0 Å². The van der Waals surface area contributed by atoms with Crippen molar-refractivity contribution in [2.75, 3.05) is 148 Å². The molecule has 9 nitrogen and oxygen atoms in total. The highest BCUT2D eigenvalue weighted by Crippen LogP contribution is 2.26. The van der Waals surface area contributed by atoms with Crippen molar-refractivity contribution in [1.82, 2.24) is 30.7 Å². The number of nitrogens with one attached hydrogen (secondary N) is 3. The Bertz CT molecular complexity index is 1310. The molecule has 12 fully saturated rings. The molecule has 4 atom stereocenters. The van der Waals surface area contributed by atoms with Gasteiger partial charge in [-0.05, 0) is 215 Å². The highest BCUT2D eigenvalue weighted by molar-refractivity contribution is 8.06. The lowest BCUT2D eigenvalue weighted by Crippen LogP contribution is -2.41. The molecule has 0 spiro atoms. The number of epoxide rings is 1. The molecule has 0 aromatic carbocycles. The van der Waals surface area contributed by atoms with Crippen LogP contribution in [0.4, 0.5) is 0 Å². The van der Waals surface area contributed by atoms with Crippen molar-refractivity contribution < 1.29 is 14.2 Å². The van der Waals surface area contributed by atoms with Crippen molar-refractivity contribution in [3.05, 3.63) is 0 Å². The van der Waals surface area contributed by atoms with E-state index in [1.807, 2.05) is 23.5 Å². The summed E-state index contributed by atoms with van der Waals surface area (Å²) in [5, 5.41) is 10.3. The molecule has 0 radical (unpaired) electrons. The molecule has 12 rings (SSSR count). The summed E-state index contributed by atoms with van der Waals surface area (Å²) in [5.41, 5.74) is 6.00. The predicted octanol–water partition coefficient (Wildman–Crippen LogP) is 32.7. The van der Waals surface area contributed by atoms with Gasteiger partial charge in [0.05, 0.1) is 19.3 Å². The SMILES string of the molecule is C.C.C.C.C1CN1.C1CNC1.C1CO1.C1COC1.C1CS1.C1CSC1.CC(C)(C)C.CC(C)(C)C.CC(C)(C)C.CC(C)(C)C.CC(C)(C)C.CC(C)(C)C.CC(C)(C)C.CC(C)(C)C.CC(C)(C)C.CC(C)(C)C.CC(C)(C)C.CC(C)(C)C.CC1CCN1.CC1CCN1C.CC1CCO1.CC1CCS1.CN1CC1.CN1CCC1. The normalized spacial score (nSPS) is 19.3. The maximum Gasteiger partial charge on any atom is 0.0701 e. The Morgan fingerprint density at radius 3 is 0.417 bits per heavy atom. The van der Waals surface area contributed by atoms with Crippen LogP contribution in [0.15, 0.2) is 0 Å². The summed E-state index contributed by atoms with van der Waals surface area (Å²) >= 11 is 6.10. The third-order valence-corrected chi connectivity index (χ3v) is 11.7. The van der Waals surface area contributed by atoms with Gasteiger partial charge in [0.2, 0.25) is 0 Å². The Kier molecular flexibility index (Phi) is 116. The number of nitrogens with zero attached hydrogens (tertiary/aromatic N) is 3. The second kappa shape index (κ2) is 86.8. The highest BCUT2D eigenvalue weighted by Gasteiger charge is 2.17. The van der Waals surface area contributed by atoms with Gasteiger partial charge in [-0.3, -0.25) is 0 Å². The molecular weight excluding hydrogens is 1470 g/mol. The molecule has 3 N–H and O–H groups in total. The maximum absolute atomic E-state index is 4.93. The van der Waals surface area contributed by atoms with E-state index in [0.29, 0.717) is 71.1 Å². The second-order valence-corrected chi connectivity index (χ2v) is 54.7. The van der Waals surface area contributed by atoms with E-state index in [-0.39, 0.29) is 29.7 Å². The van der Waals surface area contributed by atoms with Crippen LogP contribution in [0.1, 0.15) is 441 Å². The molecule has 12 aliphatic rings. The van der Waals surface area contributed by atoms with Gasteiger partial charge in [-0.15, -0.1) is 0 Å². The Balaban J connectivity index is -0.0000000635. The molecule has 115 heavy (non-hydrogen) atoms. The van der Waals surface area contributed by atoms with Crippen LogP contribution >= 0.6 is 35.3 Å². The van der Waals surface area contributed by atoms with E-state index in [9.17, 15) is 0 Å². The molecule has 722 valence electrons. The zero-order valence-corrected chi connectivity index (χ0v) is 90.8. The molecule has 12 aliphatic heterocycles. The molecule has 12 heteroatoms. The number of ether oxygens (including phenoxy) is 3. The highest BCUT2D eigenvalue weighted by atomic mass is 32.2. The minimum Gasteiger partial charge on any atom is -0.381 e. The van der Waals surface area contributed by atoms with Gasteiger partial charge in [-0.25, -0.2) is 0 Å². The first kappa shape index (κ1) is 153. The minimum atomic E-state index is 0. The smallest absolute Gasteiger partial charge is 0.0701 e. The first-order valence-electron chi connectivity index (χ1n) is 44.5. The van der Waals surface area contributed by atoms with E-state index < -0.39 is 0 Å². The third-order valence-electron chi connectivity index (χ3n) is 8.85. The summed E-state index contributed by atoms with van der Waals surface area (Å²) < 4.78 is 14.2. The van der Waals surface area contributed by atoms with Gasteiger partial charge >= 0.3 is 0 Å². The minimum absolute atomic E-state index is 0. The van der Waals surface area contributed by atoms with Crippen molar-refractivity contribution in [3.8, 4) is 0 Å². The zero-order chi connectivity index (χ0) is 91.2. The number of likely N-dealkylation sites (N-methyl/N-ethyl adjacent to an activating group) is 1. The first-order chi connectivity index (χ1) is 48.8. The monoisotopic (exact) mass is 1710 g/mol. The molecule has 0 saturated carbocycles. The Morgan fingerprint density at radius 2 is 0.417 bits per heavy atom. The van der Waals surface area contributed by atoms with Gasteiger partial charge in [-0.1, -0.05) is 369 Å². The fraction of sp³-hybridized carbons (Fsp3) is 1.00. The average Bonchev–Trinajstić information content (AvgIpc) is 4.08. The topological polar surface area (TPSA) is 86.5 Å². The van der Waals surface area contributed by atoms with Crippen molar-refractivity contribution in [2.24, 2.45) is 65.0 Å². The number of hydrogen-bond donors (Lipinski definition) is 3. The van der Waals surface area contributed by atoms with Crippen LogP contribution in [-0.2, 0) is 14.2 Å². The van der Waals surface area contributed by atoms with Gasteiger partial charge in [0.15, 0.2) is 0 Å². The van der Waals surface area contributed by atoms with Crippen LogP contribution in [0.2, 0.25) is 0 Å². The summed E-state index contributed by atoms with van der Waals surface area (Å²) in [4.78, 5) is 6.90. The van der Waals surface area contributed by atoms with Crippen LogP contribution in [0.25, 0.3) is 0 Å². The van der Waals surface area contributed by atoms with Gasteiger partial charge in [-0.2, -0.15) is 35.3 Å². The molecule has 0 bridgehead atoms. The van der Waals surface area contributed by atoms with E-state index in [4.69, 9.17) is 9.47 Å². The van der Waals surface area contributed by atoms with Crippen LogP contribution in [0, 0.1) is 65.0 Å². The lowest BCUT2D eigenvalue weighted by atomic mass is 10.0. The molecule has 12 heterocycles. The van der Waals surface area contributed by atoms with E-state index in [1.54, 1.807) is 0 Å². The quantitative estimate of drug-likeness (QED) is 0.202. The molecule has 0 aromatic heterocycles. The molecule has 4 unspecified atom stereocenters. The molecule has 12 saturated heterocycles. The lowest BCUT2D eigenvalue weighted by molar-refractivity contribution is -0.0375. The molecule has 0 amide bonds. The fourth-order valence-electron chi connectivity index (χ4n) is 2.83. The van der Waals surface area contributed by atoms with E-state index >= 15 is 0 Å². The fourth-order valence-corrected chi connectivity index (χ4v) is 3.82. The van der Waals surface area contributed by atoms with E-state index in [0.717, 1.165) is 50.4 Å². The van der Waals surface area contributed by atoms with Crippen molar-refractivity contribution in [2.45, 2.75) is 465 Å². The third kappa shape index (κ3) is 545. The number of rotatable bonds is 0. The molecule has 0 aliphatic carbocycles. The van der Waals surface area contributed by atoms with Gasteiger partial charge in [0.25, 0.3) is 0 Å². The standard InChI is InChI=1S/C5H11N.12C5H12.2C4H9N.C4H8O.C4H8S.2C3H7N.C3H6O.C3H6S.C2H5N.C2H4O.C2H4S.4CH4/c1-5-3-4-6(5)2;12*1-5(2,3)4;1-5-3-2-4-5;3*1-4-2-3-5-4;1-4-2-3-4;3*1-2-4-3-1;3*1-2-3-1;;;;/h5H,3-4H2,1-2H3;12*1-4H3;2-4H2,1H3;4-5H,2-3H2,1H3;2*4H,2-3H2,1H3;2-3H2,1H3;4H,1-3H2;2*1-3H2;3H,1-2H2;2*1-2H2;4*1H4. The van der Waals surface area contributed by atoms with Crippen LogP contribution in [-0.4, -0.2) is 187 Å². The number of thioether (sulfide) groups is 3. The largest absolute Gasteiger partial charge is 0.381 e. The van der Waals surface area contributed by atoms with Crippen LogP contribution < -0.4 is 16.0 Å². The molecular formula is C103H244N6O3S3.